The highest BCUT2D eigenvalue weighted by atomic mass is 17.2. The first-order valence-electron chi connectivity index (χ1n) is 3.08. The highest BCUT2D eigenvalue weighted by molar-refractivity contribution is 5.66. The van der Waals surface area contributed by atoms with Gasteiger partial charge in [-0.15, -0.1) is 0 Å². The van der Waals surface area contributed by atoms with E-state index in [-0.39, 0.29) is 6.61 Å². The Morgan fingerprint density at radius 1 is 1.70 bits per heavy atom. The Kier molecular flexibility index (Phi) is 5.80. The van der Waals surface area contributed by atoms with Crippen molar-refractivity contribution in [3.63, 3.8) is 0 Å². The van der Waals surface area contributed by atoms with E-state index in [1.54, 1.807) is 6.92 Å². The van der Waals surface area contributed by atoms with E-state index in [0.29, 0.717) is 13.1 Å². The molecule has 0 saturated carbocycles. The minimum atomic E-state index is -0.587. The molecule has 0 radical (unpaired) electrons. The third-order valence-electron chi connectivity index (χ3n) is 0.657. The molecule has 0 spiro atoms. The molecule has 5 heteroatoms. The molecule has 3 N–H and O–H groups in total. The number of carbonyl (C=O) groups excluding carboxylic acids is 1. The fourth-order valence-corrected chi connectivity index (χ4v) is 0.317. The van der Waals surface area contributed by atoms with Gasteiger partial charge in [-0.2, -0.15) is 4.89 Å². The van der Waals surface area contributed by atoms with Crippen LogP contribution in [0.15, 0.2) is 0 Å². The van der Waals surface area contributed by atoms with Crippen molar-refractivity contribution in [2.75, 3.05) is 19.7 Å². The van der Waals surface area contributed by atoms with Crippen molar-refractivity contribution in [2.45, 2.75) is 6.92 Å². The average Bonchev–Trinajstić information content (AvgIpc) is 1.89. The molecule has 0 saturated heterocycles. The van der Waals surface area contributed by atoms with Crippen LogP contribution in [-0.4, -0.2) is 25.8 Å². The first-order valence-corrected chi connectivity index (χ1v) is 3.08. The largest absolute Gasteiger partial charge is 0.438 e. The third-order valence-corrected chi connectivity index (χ3v) is 0.657. The molecule has 0 aliphatic carbocycles. The minimum Gasteiger partial charge on any atom is -0.328 e. The van der Waals surface area contributed by atoms with Gasteiger partial charge < -0.3 is 11.1 Å². The van der Waals surface area contributed by atoms with Crippen LogP contribution in [0.3, 0.4) is 0 Å². The SMILES string of the molecule is CCNC(=O)OOCCN. The molecule has 10 heavy (non-hydrogen) atoms. The second-order valence-corrected chi connectivity index (χ2v) is 1.51. The van der Waals surface area contributed by atoms with E-state index >= 15 is 0 Å². The van der Waals surface area contributed by atoms with E-state index < -0.39 is 6.09 Å². The van der Waals surface area contributed by atoms with Crippen LogP contribution in [0.2, 0.25) is 0 Å². The van der Waals surface area contributed by atoms with Gasteiger partial charge in [0.1, 0.15) is 6.61 Å². The average molecular weight is 148 g/mol. The number of amides is 1. The van der Waals surface area contributed by atoms with Gasteiger partial charge in [0.15, 0.2) is 0 Å². The van der Waals surface area contributed by atoms with Crippen molar-refractivity contribution >= 4 is 6.09 Å². The quantitative estimate of drug-likeness (QED) is 0.324. The van der Waals surface area contributed by atoms with Gasteiger partial charge in [0.2, 0.25) is 0 Å². The summed E-state index contributed by atoms with van der Waals surface area (Å²) in [5.41, 5.74) is 5.05. The lowest BCUT2D eigenvalue weighted by Crippen LogP contribution is -2.24. The lowest BCUT2D eigenvalue weighted by molar-refractivity contribution is -0.235. The maximum Gasteiger partial charge on any atom is 0.438 e. The van der Waals surface area contributed by atoms with E-state index in [9.17, 15) is 4.79 Å². The molecule has 5 nitrogen and oxygen atoms in total. The lowest BCUT2D eigenvalue weighted by Gasteiger charge is -2.01. The summed E-state index contributed by atoms with van der Waals surface area (Å²) in [6.07, 6.45) is -0.587. The summed E-state index contributed by atoms with van der Waals surface area (Å²) >= 11 is 0. The number of rotatable bonds is 4. The number of hydrogen-bond acceptors (Lipinski definition) is 4. The van der Waals surface area contributed by atoms with Gasteiger partial charge in [-0.1, -0.05) is 0 Å². The maximum absolute atomic E-state index is 10.4. The monoisotopic (exact) mass is 148 g/mol. The second-order valence-electron chi connectivity index (χ2n) is 1.51. The fourth-order valence-electron chi connectivity index (χ4n) is 0.317. The maximum atomic E-state index is 10.4. The van der Waals surface area contributed by atoms with Crippen LogP contribution < -0.4 is 11.1 Å². The van der Waals surface area contributed by atoms with Crippen molar-refractivity contribution in [3.05, 3.63) is 0 Å². The molecule has 0 fully saturated rings. The molecule has 0 aromatic heterocycles. The van der Waals surface area contributed by atoms with Crippen molar-refractivity contribution in [2.24, 2.45) is 5.73 Å². The topological polar surface area (TPSA) is 73.6 Å². The van der Waals surface area contributed by atoms with Crippen molar-refractivity contribution in [1.29, 1.82) is 0 Å². The van der Waals surface area contributed by atoms with Crippen LogP contribution in [0.25, 0.3) is 0 Å². The normalized spacial score (nSPS) is 9.00. The van der Waals surface area contributed by atoms with Crippen LogP contribution >= 0.6 is 0 Å². The van der Waals surface area contributed by atoms with Gasteiger partial charge in [-0.25, -0.2) is 4.79 Å². The summed E-state index contributed by atoms with van der Waals surface area (Å²) in [7, 11) is 0. The van der Waals surface area contributed by atoms with E-state index in [0.717, 1.165) is 0 Å². The molecule has 0 aliphatic rings. The predicted octanol–water partition coefficient (Wildman–Crippen LogP) is -0.377. The summed E-state index contributed by atoms with van der Waals surface area (Å²) in [6, 6.07) is 0. The molecule has 0 aromatic carbocycles. The van der Waals surface area contributed by atoms with Crippen LogP contribution in [0.5, 0.6) is 0 Å². The molecule has 0 heterocycles. The zero-order valence-electron chi connectivity index (χ0n) is 5.92. The second kappa shape index (κ2) is 6.31. The van der Waals surface area contributed by atoms with Crippen LogP contribution in [0.4, 0.5) is 4.79 Å². The molecule has 0 atom stereocenters. The van der Waals surface area contributed by atoms with Gasteiger partial charge >= 0.3 is 6.09 Å². The Labute approximate surface area is 59.4 Å². The molecule has 0 rings (SSSR count). The molecule has 0 aromatic rings. The highest BCUT2D eigenvalue weighted by Gasteiger charge is 1.97. The van der Waals surface area contributed by atoms with Gasteiger partial charge in [0, 0.05) is 13.1 Å². The van der Waals surface area contributed by atoms with Gasteiger partial charge in [-0.05, 0) is 6.92 Å². The molecule has 60 valence electrons. The molecule has 1 amide bonds. The van der Waals surface area contributed by atoms with Crippen molar-refractivity contribution < 1.29 is 14.6 Å². The number of carbonyl (C=O) groups is 1. The Balaban J connectivity index is 3.05. The summed E-state index contributed by atoms with van der Waals surface area (Å²) in [4.78, 5) is 19.0. The number of nitrogens with two attached hydrogens (primary N) is 1. The lowest BCUT2D eigenvalue weighted by atomic mass is 10.7. The first kappa shape index (κ1) is 9.19. The zero-order chi connectivity index (χ0) is 7.82. The fraction of sp³-hybridized carbons (Fsp3) is 0.800. The molecular formula is C5H12N2O3. The Hall–Kier alpha value is -0.810. The predicted molar refractivity (Wildman–Crippen MR) is 35.2 cm³/mol. The summed E-state index contributed by atoms with van der Waals surface area (Å²) in [5.74, 6) is 0. The number of hydrogen-bond donors (Lipinski definition) is 2. The Bertz CT molecular complexity index is 96.9. The van der Waals surface area contributed by atoms with Crippen molar-refractivity contribution in [1.82, 2.24) is 5.32 Å². The Morgan fingerprint density at radius 3 is 2.90 bits per heavy atom. The highest BCUT2D eigenvalue weighted by Crippen LogP contribution is 1.77. The molecule has 0 bridgehead atoms. The number of nitrogens with one attached hydrogen (secondary N) is 1. The smallest absolute Gasteiger partial charge is 0.328 e. The molecule has 0 unspecified atom stereocenters. The molecule has 0 aliphatic heterocycles. The Morgan fingerprint density at radius 2 is 2.40 bits per heavy atom. The van der Waals surface area contributed by atoms with E-state index in [2.05, 4.69) is 15.1 Å². The first-order chi connectivity index (χ1) is 4.81. The van der Waals surface area contributed by atoms with Gasteiger partial charge in [0.05, 0.1) is 0 Å². The summed E-state index contributed by atoms with van der Waals surface area (Å²) < 4.78 is 0. The van der Waals surface area contributed by atoms with E-state index in [1.165, 1.54) is 0 Å². The standard InChI is InChI=1S/C5H12N2O3/c1-2-7-5(8)10-9-4-3-6/h2-4,6H2,1H3,(H,7,8). The summed E-state index contributed by atoms with van der Waals surface area (Å²) in [6.45, 7) is 2.85. The van der Waals surface area contributed by atoms with E-state index in [1.807, 2.05) is 0 Å². The van der Waals surface area contributed by atoms with Crippen LogP contribution in [-0.2, 0) is 9.78 Å². The van der Waals surface area contributed by atoms with Crippen LogP contribution in [0.1, 0.15) is 6.92 Å². The molecular weight excluding hydrogens is 136 g/mol. The van der Waals surface area contributed by atoms with Crippen LogP contribution in [0, 0.1) is 0 Å². The summed E-state index contributed by atoms with van der Waals surface area (Å²) in [5, 5.41) is 2.38. The third kappa shape index (κ3) is 5.33. The van der Waals surface area contributed by atoms with Gasteiger partial charge in [-0.3, -0.25) is 4.89 Å². The van der Waals surface area contributed by atoms with Crippen molar-refractivity contribution in [3.8, 4) is 0 Å². The zero-order valence-corrected chi connectivity index (χ0v) is 5.92. The minimum absolute atomic E-state index is 0.219. The van der Waals surface area contributed by atoms with Gasteiger partial charge in [0.25, 0.3) is 0 Å². The van der Waals surface area contributed by atoms with E-state index in [4.69, 9.17) is 5.73 Å².